The molecule has 2 atom stereocenters. The highest BCUT2D eigenvalue weighted by atomic mass is 16.4. The molecule has 0 spiro atoms. The van der Waals surface area contributed by atoms with Crippen molar-refractivity contribution in [3.8, 4) is 0 Å². The summed E-state index contributed by atoms with van der Waals surface area (Å²) in [6.45, 7) is 0.638. The number of para-hydroxylation sites is 1. The lowest BCUT2D eigenvalue weighted by atomic mass is 10.1. The van der Waals surface area contributed by atoms with E-state index in [0.717, 1.165) is 5.69 Å². The first kappa shape index (κ1) is 12.3. The van der Waals surface area contributed by atoms with Crippen molar-refractivity contribution in [1.29, 1.82) is 0 Å². The number of benzene rings is 1. The van der Waals surface area contributed by atoms with Gasteiger partial charge >= 0.3 is 5.97 Å². The van der Waals surface area contributed by atoms with Gasteiger partial charge < -0.3 is 21.1 Å². The summed E-state index contributed by atoms with van der Waals surface area (Å²) in [7, 11) is 0. The van der Waals surface area contributed by atoms with Crippen LogP contribution in [0.25, 0.3) is 0 Å². The highest BCUT2D eigenvalue weighted by Crippen LogP contribution is 2.21. The van der Waals surface area contributed by atoms with Crippen LogP contribution in [-0.2, 0) is 4.79 Å². The van der Waals surface area contributed by atoms with Crippen LogP contribution in [0.1, 0.15) is 6.42 Å². The molecule has 1 heterocycles. The lowest BCUT2D eigenvalue weighted by Crippen LogP contribution is -2.32. The second-order valence-corrected chi connectivity index (χ2v) is 4.34. The Balaban J connectivity index is 2.02. The number of carboxylic acids is 1. The average molecular weight is 247 g/mol. The minimum atomic E-state index is -0.814. The normalized spacial score (nSPS) is 23.4. The number of likely N-dealkylation sites (tertiary alicyclic amines) is 1. The van der Waals surface area contributed by atoms with E-state index >= 15 is 0 Å². The SMILES string of the molecule is NC=CN1C[C@H](Nc2ccccc2)C[C@H]1C(=O)O. The van der Waals surface area contributed by atoms with Gasteiger partial charge in [-0.15, -0.1) is 0 Å². The molecule has 1 aliphatic heterocycles. The van der Waals surface area contributed by atoms with Crippen LogP contribution in [0.15, 0.2) is 42.7 Å². The van der Waals surface area contributed by atoms with Gasteiger partial charge in [-0.1, -0.05) is 18.2 Å². The van der Waals surface area contributed by atoms with Crippen LogP contribution in [0, 0.1) is 0 Å². The molecule has 5 heteroatoms. The van der Waals surface area contributed by atoms with Gasteiger partial charge in [0.15, 0.2) is 0 Å². The van der Waals surface area contributed by atoms with Gasteiger partial charge in [-0.05, 0) is 12.1 Å². The molecule has 0 radical (unpaired) electrons. The third-order valence-electron chi connectivity index (χ3n) is 3.05. The summed E-state index contributed by atoms with van der Waals surface area (Å²) < 4.78 is 0. The first-order valence-electron chi connectivity index (χ1n) is 5.89. The number of nitrogens with two attached hydrogens (primary N) is 1. The Bertz CT molecular complexity index is 433. The van der Waals surface area contributed by atoms with Crippen molar-refractivity contribution in [2.24, 2.45) is 5.73 Å². The van der Waals surface area contributed by atoms with Gasteiger partial charge in [0.2, 0.25) is 0 Å². The number of hydrogen-bond donors (Lipinski definition) is 3. The van der Waals surface area contributed by atoms with E-state index in [4.69, 9.17) is 10.8 Å². The van der Waals surface area contributed by atoms with Crippen LogP contribution in [0.3, 0.4) is 0 Å². The molecular weight excluding hydrogens is 230 g/mol. The van der Waals surface area contributed by atoms with Crippen LogP contribution in [0.2, 0.25) is 0 Å². The number of anilines is 1. The predicted octanol–water partition coefficient (Wildman–Crippen LogP) is 1.06. The molecule has 0 unspecified atom stereocenters. The van der Waals surface area contributed by atoms with E-state index in [0.29, 0.717) is 13.0 Å². The van der Waals surface area contributed by atoms with Crippen molar-refractivity contribution in [2.75, 3.05) is 11.9 Å². The summed E-state index contributed by atoms with van der Waals surface area (Å²) in [5, 5.41) is 12.5. The van der Waals surface area contributed by atoms with Gasteiger partial charge in [0, 0.05) is 37.1 Å². The molecule has 0 aliphatic carbocycles. The summed E-state index contributed by atoms with van der Waals surface area (Å²) in [4.78, 5) is 12.9. The zero-order valence-corrected chi connectivity index (χ0v) is 9.99. The smallest absolute Gasteiger partial charge is 0.326 e. The fourth-order valence-electron chi connectivity index (χ4n) is 2.25. The molecule has 0 amide bonds. The highest BCUT2D eigenvalue weighted by molar-refractivity contribution is 5.74. The van der Waals surface area contributed by atoms with Crippen LogP contribution >= 0.6 is 0 Å². The van der Waals surface area contributed by atoms with E-state index in [1.165, 1.54) is 6.20 Å². The van der Waals surface area contributed by atoms with Crippen LogP contribution in [-0.4, -0.2) is 34.6 Å². The maximum Gasteiger partial charge on any atom is 0.326 e. The molecule has 0 saturated carbocycles. The second-order valence-electron chi connectivity index (χ2n) is 4.34. The Morgan fingerprint density at radius 1 is 1.44 bits per heavy atom. The Hall–Kier alpha value is -2.17. The second kappa shape index (κ2) is 5.44. The van der Waals surface area contributed by atoms with Gasteiger partial charge in [0.25, 0.3) is 0 Å². The van der Waals surface area contributed by atoms with E-state index in [1.54, 1.807) is 11.1 Å². The Morgan fingerprint density at radius 2 is 2.17 bits per heavy atom. The molecule has 1 saturated heterocycles. The Morgan fingerprint density at radius 3 is 2.78 bits per heavy atom. The predicted molar refractivity (Wildman–Crippen MR) is 69.9 cm³/mol. The van der Waals surface area contributed by atoms with Crippen molar-refractivity contribution in [3.63, 3.8) is 0 Å². The van der Waals surface area contributed by atoms with Crippen molar-refractivity contribution in [1.82, 2.24) is 4.90 Å². The number of rotatable bonds is 4. The Kier molecular flexibility index (Phi) is 3.72. The molecule has 1 aromatic carbocycles. The fraction of sp³-hybridized carbons (Fsp3) is 0.308. The molecule has 0 bridgehead atoms. The van der Waals surface area contributed by atoms with Gasteiger partial charge in [-0.3, -0.25) is 0 Å². The molecular formula is C13H17N3O2. The number of aliphatic carboxylic acids is 1. The molecule has 2 rings (SSSR count). The average Bonchev–Trinajstić information content (AvgIpc) is 2.74. The largest absolute Gasteiger partial charge is 0.480 e. The molecule has 18 heavy (non-hydrogen) atoms. The van der Waals surface area contributed by atoms with Gasteiger partial charge in [-0.25, -0.2) is 4.79 Å². The van der Waals surface area contributed by atoms with Crippen molar-refractivity contribution < 1.29 is 9.90 Å². The van der Waals surface area contributed by atoms with E-state index in [9.17, 15) is 4.79 Å². The minimum absolute atomic E-state index is 0.115. The quantitative estimate of drug-likeness (QED) is 0.741. The first-order chi connectivity index (χ1) is 8.70. The van der Waals surface area contributed by atoms with Gasteiger partial charge in [-0.2, -0.15) is 0 Å². The molecule has 1 fully saturated rings. The highest BCUT2D eigenvalue weighted by Gasteiger charge is 2.34. The minimum Gasteiger partial charge on any atom is -0.480 e. The molecule has 4 N–H and O–H groups in total. The number of hydrogen-bond acceptors (Lipinski definition) is 4. The summed E-state index contributed by atoms with van der Waals surface area (Å²) >= 11 is 0. The lowest BCUT2D eigenvalue weighted by molar-refractivity contribution is -0.141. The van der Waals surface area contributed by atoms with Crippen molar-refractivity contribution in [2.45, 2.75) is 18.5 Å². The molecule has 5 nitrogen and oxygen atoms in total. The topological polar surface area (TPSA) is 78.6 Å². The summed E-state index contributed by atoms with van der Waals surface area (Å²) in [5.74, 6) is -0.814. The first-order valence-corrected chi connectivity index (χ1v) is 5.89. The molecule has 96 valence electrons. The molecule has 1 aliphatic rings. The number of carbonyl (C=O) groups is 1. The summed E-state index contributed by atoms with van der Waals surface area (Å²) in [6, 6.07) is 9.39. The maximum atomic E-state index is 11.1. The van der Waals surface area contributed by atoms with E-state index in [1.807, 2.05) is 30.3 Å². The van der Waals surface area contributed by atoms with Crippen molar-refractivity contribution in [3.05, 3.63) is 42.7 Å². The fourth-order valence-corrected chi connectivity index (χ4v) is 2.25. The van der Waals surface area contributed by atoms with Gasteiger partial charge in [0.1, 0.15) is 6.04 Å². The molecule has 0 aromatic heterocycles. The zero-order valence-electron chi connectivity index (χ0n) is 9.99. The van der Waals surface area contributed by atoms with Gasteiger partial charge in [0.05, 0.1) is 0 Å². The number of nitrogens with one attached hydrogen (secondary N) is 1. The summed E-state index contributed by atoms with van der Waals surface area (Å²) in [6.07, 6.45) is 3.57. The van der Waals surface area contributed by atoms with Crippen LogP contribution < -0.4 is 11.1 Å². The third kappa shape index (κ3) is 2.74. The lowest BCUT2D eigenvalue weighted by Gasteiger charge is -2.18. The third-order valence-corrected chi connectivity index (χ3v) is 3.05. The zero-order chi connectivity index (χ0) is 13.0. The number of nitrogens with zero attached hydrogens (tertiary/aromatic N) is 1. The van der Waals surface area contributed by atoms with E-state index in [2.05, 4.69) is 5.32 Å². The Labute approximate surface area is 106 Å². The maximum absolute atomic E-state index is 11.1. The number of carboxylic acid groups (broad SMARTS) is 1. The summed E-state index contributed by atoms with van der Waals surface area (Å²) in [5.41, 5.74) is 6.34. The standard InChI is InChI=1S/C13H17N3O2/c14-6-7-16-9-11(8-12(16)13(17)18)15-10-4-2-1-3-5-10/h1-7,11-12,15H,8-9,14H2,(H,17,18)/t11-,12+/m1/s1. The van der Waals surface area contributed by atoms with Crippen LogP contribution in [0.5, 0.6) is 0 Å². The van der Waals surface area contributed by atoms with E-state index in [-0.39, 0.29) is 6.04 Å². The van der Waals surface area contributed by atoms with Crippen LogP contribution in [0.4, 0.5) is 5.69 Å². The van der Waals surface area contributed by atoms with E-state index < -0.39 is 12.0 Å². The van der Waals surface area contributed by atoms with Crippen molar-refractivity contribution >= 4 is 11.7 Å². The molecule has 1 aromatic rings. The monoisotopic (exact) mass is 247 g/mol.